The molecule has 3 aromatic heterocycles. The summed E-state index contributed by atoms with van der Waals surface area (Å²) in [4.78, 5) is 26.5. The van der Waals surface area contributed by atoms with Crippen LogP contribution in [0.25, 0.3) is 5.65 Å². The third-order valence-corrected chi connectivity index (χ3v) is 4.73. The Kier molecular flexibility index (Phi) is 2.82. The summed E-state index contributed by atoms with van der Waals surface area (Å²) in [6, 6.07) is 3.70. The number of rotatable bonds is 2. The van der Waals surface area contributed by atoms with Gasteiger partial charge in [-0.1, -0.05) is 6.92 Å². The maximum Gasteiger partial charge on any atom is 0.176 e. The van der Waals surface area contributed by atoms with Gasteiger partial charge in [-0.2, -0.15) is 0 Å². The lowest BCUT2D eigenvalue weighted by Gasteiger charge is -2.34. The van der Waals surface area contributed by atoms with E-state index in [0.717, 1.165) is 35.4 Å². The van der Waals surface area contributed by atoms with Crippen molar-refractivity contribution in [3.63, 3.8) is 0 Å². The largest absolute Gasteiger partial charge is 0.304 e. The van der Waals surface area contributed by atoms with Crippen LogP contribution >= 0.6 is 0 Å². The van der Waals surface area contributed by atoms with Crippen LogP contribution in [0.4, 0.5) is 0 Å². The van der Waals surface area contributed by atoms with Crippen LogP contribution in [0.5, 0.6) is 0 Å². The summed E-state index contributed by atoms with van der Waals surface area (Å²) < 4.78 is 1.92. The molecule has 0 bridgehead atoms. The van der Waals surface area contributed by atoms with Crippen molar-refractivity contribution in [2.24, 2.45) is 0 Å². The number of aromatic nitrogens is 4. The Bertz CT molecular complexity index is 870. The lowest BCUT2D eigenvalue weighted by Crippen LogP contribution is -2.41. The minimum Gasteiger partial charge on any atom is -0.304 e. The van der Waals surface area contributed by atoms with E-state index in [-0.39, 0.29) is 5.78 Å². The van der Waals surface area contributed by atoms with Crippen molar-refractivity contribution in [3.05, 3.63) is 60.1 Å². The third-order valence-electron chi connectivity index (χ3n) is 4.73. The van der Waals surface area contributed by atoms with E-state index in [1.165, 1.54) is 0 Å². The molecule has 0 aliphatic heterocycles. The van der Waals surface area contributed by atoms with Crippen molar-refractivity contribution >= 4 is 11.4 Å². The summed E-state index contributed by atoms with van der Waals surface area (Å²) in [6.45, 7) is 2.05. The number of aryl methyl sites for hydroxylation is 1. The van der Waals surface area contributed by atoms with Crippen molar-refractivity contribution < 1.29 is 4.79 Å². The number of imidazole rings is 1. The summed E-state index contributed by atoms with van der Waals surface area (Å²) in [5, 5.41) is 0. The molecule has 0 amide bonds. The van der Waals surface area contributed by atoms with Gasteiger partial charge < -0.3 is 4.40 Å². The first-order chi connectivity index (χ1) is 10.8. The number of pyridine rings is 1. The first-order valence-corrected chi connectivity index (χ1v) is 7.53. The summed E-state index contributed by atoms with van der Waals surface area (Å²) in [5.41, 5.74) is 2.56. The van der Waals surface area contributed by atoms with E-state index in [4.69, 9.17) is 0 Å². The van der Waals surface area contributed by atoms with Crippen LogP contribution in [-0.2, 0) is 11.8 Å². The van der Waals surface area contributed by atoms with Crippen LogP contribution < -0.4 is 0 Å². The molecule has 0 spiro atoms. The van der Waals surface area contributed by atoms with Gasteiger partial charge in [0.15, 0.2) is 11.4 Å². The minimum atomic E-state index is -0.607. The molecule has 1 unspecified atom stereocenters. The number of nitrogens with zero attached hydrogens (tertiary/aromatic N) is 4. The minimum absolute atomic E-state index is 0.118. The predicted octanol–water partition coefficient (Wildman–Crippen LogP) is 2.60. The van der Waals surface area contributed by atoms with E-state index in [9.17, 15) is 4.79 Å². The molecule has 0 saturated heterocycles. The van der Waals surface area contributed by atoms with Gasteiger partial charge in [0, 0.05) is 36.5 Å². The lowest BCUT2D eigenvalue weighted by atomic mass is 9.68. The standard InChI is InChI=1S/C17H16N4O/c1-2-17(14-16-20-9-11-21(16)10-8-19-14)6-5-13-12(15(17)22)4-3-7-18-13/h3-4,7-11H,2,5-6H2,1H3. The number of hydrogen-bond acceptors (Lipinski definition) is 4. The van der Waals surface area contributed by atoms with E-state index in [1.54, 1.807) is 18.6 Å². The molecular weight excluding hydrogens is 276 g/mol. The molecule has 3 heterocycles. The molecule has 0 saturated carbocycles. The van der Waals surface area contributed by atoms with Gasteiger partial charge in [0.05, 0.1) is 16.8 Å². The molecule has 110 valence electrons. The zero-order valence-corrected chi connectivity index (χ0v) is 12.4. The number of hydrogen-bond donors (Lipinski definition) is 0. The van der Waals surface area contributed by atoms with Crippen molar-refractivity contribution in [2.75, 3.05) is 0 Å². The first kappa shape index (κ1) is 13.1. The van der Waals surface area contributed by atoms with Crippen molar-refractivity contribution in [3.8, 4) is 0 Å². The van der Waals surface area contributed by atoms with Gasteiger partial charge in [-0.3, -0.25) is 14.8 Å². The molecule has 5 heteroatoms. The molecule has 1 aliphatic carbocycles. The van der Waals surface area contributed by atoms with Crippen LogP contribution in [0.1, 0.15) is 41.5 Å². The van der Waals surface area contributed by atoms with Crippen LogP contribution in [0.3, 0.4) is 0 Å². The zero-order chi connectivity index (χ0) is 15.2. The van der Waals surface area contributed by atoms with Gasteiger partial charge in [-0.25, -0.2) is 4.98 Å². The normalized spacial score (nSPS) is 21.0. The Labute approximate surface area is 128 Å². The fraction of sp³-hybridized carbons (Fsp3) is 0.294. The third kappa shape index (κ3) is 1.65. The zero-order valence-electron chi connectivity index (χ0n) is 12.4. The maximum absolute atomic E-state index is 13.2. The van der Waals surface area contributed by atoms with E-state index in [0.29, 0.717) is 6.42 Å². The molecular formula is C17H16N4O. The Balaban J connectivity index is 1.95. The molecule has 3 aromatic rings. The molecule has 0 radical (unpaired) electrons. The highest BCUT2D eigenvalue weighted by Gasteiger charge is 2.45. The van der Waals surface area contributed by atoms with E-state index < -0.39 is 5.41 Å². The number of Topliss-reactive ketones (excluding diaryl/α,β-unsaturated/α-hetero) is 1. The summed E-state index contributed by atoms with van der Waals surface area (Å²) in [5.74, 6) is 0.118. The van der Waals surface area contributed by atoms with Gasteiger partial charge in [-0.15, -0.1) is 0 Å². The number of carbonyl (C=O) groups is 1. The van der Waals surface area contributed by atoms with Gasteiger partial charge in [0.25, 0.3) is 0 Å². The molecule has 1 aliphatic rings. The first-order valence-electron chi connectivity index (χ1n) is 7.53. The second kappa shape index (κ2) is 4.73. The monoisotopic (exact) mass is 292 g/mol. The van der Waals surface area contributed by atoms with E-state index in [1.807, 2.05) is 35.9 Å². The molecule has 0 aromatic carbocycles. The quantitative estimate of drug-likeness (QED) is 0.728. The van der Waals surface area contributed by atoms with Gasteiger partial charge >= 0.3 is 0 Å². The summed E-state index contributed by atoms with van der Waals surface area (Å²) >= 11 is 0. The Morgan fingerprint density at radius 3 is 2.82 bits per heavy atom. The predicted molar refractivity (Wildman–Crippen MR) is 81.8 cm³/mol. The number of carbonyl (C=O) groups excluding carboxylic acids is 1. The highest BCUT2D eigenvalue weighted by atomic mass is 16.1. The van der Waals surface area contributed by atoms with Crippen molar-refractivity contribution in [1.29, 1.82) is 0 Å². The maximum atomic E-state index is 13.2. The van der Waals surface area contributed by atoms with Crippen LogP contribution in [0.15, 0.2) is 43.1 Å². The van der Waals surface area contributed by atoms with E-state index in [2.05, 4.69) is 15.0 Å². The van der Waals surface area contributed by atoms with Gasteiger partial charge in [0.1, 0.15) is 0 Å². The fourth-order valence-electron chi connectivity index (χ4n) is 3.47. The molecule has 5 nitrogen and oxygen atoms in total. The fourth-order valence-corrected chi connectivity index (χ4v) is 3.47. The summed E-state index contributed by atoms with van der Waals surface area (Å²) in [6.07, 6.45) is 11.2. The lowest BCUT2D eigenvalue weighted by molar-refractivity contribution is 0.0850. The van der Waals surface area contributed by atoms with Crippen molar-refractivity contribution in [2.45, 2.75) is 31.6 Å². The second-order valence-corrected chi connectivity index (χ2v) is 5.70. The summed E-state index contributed by atoms with van der Waals surface area (Å²) in [7, 11) is 0. The topological polar surface area (TPSA) is 60.1 Å². The van der Waals surface area contributed by atoms with E-state index >= 15 is 0 Å². The Morgan fingerprint density at radius 2 is 2.00 bits per heavy atom. The molecule has 0 N–H and O–H groups in total. The van der Waals surface area contributed by atoms with Crippen molar-refractivity contribution in [1.82, 2.24) is 19.4 Å². The second-order valence-electron chi connectivity index (χ2n) is 5.70. The molecule has 0 fully saturated rings. The van der Waals surface area contributed by atoms with Gasteiger partial charge in [0.2, 0.25) is 0 Å². The smallest absolute Gasteiger partial charge is 0.176 e. The molecule has 4 rings (SSSR count). The average molecular weight is 292 g/mol. The van der Waals surface area contributed by atoms with Gasteiger partial charge in [-0.05, 0) is 31.4 Å². The molecule has 1 atom stereocenters. The van der Waals surface area contributed by atoms with Crippen LogP contribution in [0.2, 0.25) is 0 Å². The Hall–Kier alpha value is -2.56. The highest BCUT2D eigenvalue weighted by Crippen LogP contribution is 2.40. The van der Waals surface area contributed by atoms with Crippen LogP contribution in [-0.4, -0.2) is 25.1 Å². The number of ketones is 1. The Morgan fingerprint density at radius 1 is 1.18 bits per heavy atom. The average Bonchev–Trinajstić information content (AvgIpc) is 3.05. The van der Waals surface area contributed by atoms with Crippen LogP contribution in [0, 0.1) is 0 Å². The highest BCUT2D eigenvalue weighted by molar-refractivity contribution is 6.06. The number of fused-ring (bicyclic) bond motifs is 2. The SMILES string of the molecule is CCC1(c2nccn3ccnc23)CCc2ncccc2C1=O. The molecule has 22 heavy (non-hydrogen) atoms.